The van der Waals surface area contributed by atoms with Gasteiger partial charge in [-0.3, -0.25) is 5.01 Å². The van der Waals surface area contributed by atoms with Crippen LogP contribution in [0.2, 0.25) is 0 Å². The van der Waals surface area contributed by atoms with Crippen molar-refractivity contribution in [1.82, 2.24) is 5.01 Å². The number of nitrogens with zero attached hydrogens (tertiary/aromatic N) is 3. The molecule has 1 aliphatic carbocycles. The first-order valence-corrected chi connectivity index (χ1v) is 5.77. The first-order chi connectivity index (χ1) is 6.86. The molecule has 14 heavy (non-hydrogen) atoms. The Bertz CT molecular complexity index is 197. The molecule has 0 aliphatic heterocycles. The van der Waals surface area contributed by atoms with Crippen molar-refractivity contribution in [2.45, 2.75) is 52.0 Å². The number of hydrazone groups is 1. The molecule has 3 nitrogen and oxygen atoms in total. The Morgan fingerprint density at radius 2 is 1.79 bits per heavy atom. The molecular formula is C11H21N3. The average Bonchev–Trinajstić information content (AvgIpc) is 2.26. The van der Waals surface area contributed by atoms with E-state index in [0.717, 1.165) is 13.1 Å². The molecule has 0 unspecified atom stereocenters. The second-order valence-corrected chi connectivity index (χ2v) is 3.76. The molecule has 1 rings (SSSR count). The molecule has 0 heterocycles. The van der Waals surface area contributed by atoms with Crippen LogP contribution in [0.5, 0.6) is 0 Å². The Balaban J connectivity index is 2.35. The SMILES string of the molecule is CCN(CC)N=C=NC1CCCCC1. The monoisotopic (exact) mass is 195 g/mol. The molecule has 0 saturated heterocycles. The molecule has 0 spiro atoms. The van der Waals surface area contributed by atoms with E-state index in [0.29, 0.717) is 6.04 Å². The van der Waals surface area contributed by atoms with Gasteiger partial charge in [-0.1, -0.05) is 19.3 Å². The number of aliphatic imine (C=N–C) groups is 1. The second-order valence-electron chi connectivity index (χ2n) is 3.76. The summed E-state index contributed by atoms with van der Waals surface area (Å²) in [5, 5.41) is 6.14. The van der Waals surface area contributed by atoms with Crippen LogP contribution in [-0.4, -0.2) is 30.1 Å². The van der Waals surface area contributed by atoms with E-state index >= 15 is 0 Å². The van der Waals surface area contributed by atoms with Crippen molar-refractivity contribution in [3.05, 3.63) is 0 Å². The van der Waals surface area contributed by atoms with E-state index in [1.807, 2.05) is 5.01 Å². The van der Waals surface area contributed by atoms with Crippen LogP contribution in [0.1, 0.15) is 46.0 Å². The van der Waals surface area contributed by atoms with Gasteiger partial charge in [-0.25, -0.2) is 4.99 Å². The highest BCUT2D eigenvalue weighted by Crippen LogP contribution is 2.19. The lowest BCUT2D eigenvalue weighted by atomic mass is 9.96. The molecule has 1 fully saturated rings. The molecule has 80 valence electrons. The zero-order valence-electron chi connectivity index (χ0n) is 9.37. The molecular weight excluding hydrogens is 174 g/mol. The maximum atomic E-state index is 4.36. The van der Waals surface area contributed by atoms with Gasteiger partial charge in [0.15, 0.2) is 0 Å². The zero-order chi connectivity index (χ0) is 10.2. The highest BCUT2D eigenvalue weighted by Gasteiger charge is 2.10. The first kappa shape index (κ1) is 11.3. The summed E-state index contributed by atoms with van der Waals surface area (Å²) in [5.41, 5.74) is 0. The normalized spacial score (nSPS) is 17.3. The molecule has 0 amide bonds. The summed E-state index contributed by atoms with van der Waals surface area (Å²) in [7, 11) is 0. The topological polar surface area (TPSA) is 28.0 Å². The lowest BCUT2D eigenvalue weighted by molar-refractivity contribution is 0.323. The fourth-order valence-corrected chi connectivity index (χ4v) is 1.75. The lowest BCUT2D eigenvalue weighted by Crippen LogP contribution is -2.15. The Morgan fingerprint density at radius 1 is 1.14 bits per heavy atom. The number of rotatable bonds is 4. The van der Waals surface area contributed by atoms with Crippen LogP contribution in [0.15, 0.2) is 10.1 Å². The van der Waals surface area contributed by atoms with E-state index < -0.39 is 0 Å². The maximum absolute atomic E-state index is 4.36. The van der Waals surface area contributed by atoms with Gasteiger partial charge in [0.2, 0.25) is 0 Å². The van der Waals surface area contributed by atoms with Crippen LogP contribution in [0.25, 0.3) is 0 Å². The van der Waals surface area contributed by atoms with Crippen molar-refractivity contribution in [3.8, 4) is 0 Å². The Labute approximate surface area is 86.9 Å². The van der Waals surface area contributed by atoms with Gasteiger partial charge < -0.3 is 0 Å². The Hall–Kier alpha value is -0.820. The Morgan fingerprint density at radius 3 is 2.36 bits per heavy atom. The summed E-state index contributed by atoms with van der Waals surface area (Å²) in [6.07, 6.45) is 6.46. The van der Waals surface area contributed by atoms with Crippen LogP contribution in [0, 0.1) is 0 Å². The molecule has 1 aliphatic rings. The highest BCUT2D eigenvalue weighted by molar-refractivity contribution is 5.41. The third kappa shape index (κ3) is 3.93. The zero-order valence-corrected chi connectivity index (χ0v) is 9.37. The van der Waals surface area contributed by atoms with E-state index in [2.05, 4.69) is 29.9 Å². The summed E-state index contributed by atoms with van der Waals surface area (Å²) in [6, 6.07) is 3.32. The fourth-order valence-electron chi connectivity index (χ4n) is 1.75. The van der Waals surface area contributed by atoms with Crippen LogP contribution in [0.3, 0.4) is 0 Å². The Kier molecular flexibility index (Phi) is 5.31. The predicted octanol–water partition coefficient (Wildman–Crippen LogP) is 2.75. The number of hydrogen-bond donors (Lipinski definition) is 0. The molecule has 0 N–H and O–H groups in total. The third-order valence-electron chi connectivity index (χ3n) is 2.73. The highest BCUT2D eigenvalue weighted by atomic mass is 15.4. The fraction of sp³-hybridized carbons (Fsp3) is 0.909. The van der Waals surface area contributed by atoms with Crippen molar-refractivity contribution in [2.75, 3.05) is 13.1 Å². The standard InChI is InChI=1S/C11H21N3/c1-3-14(4-2)13-10-12-11-8-6-5-7-9-11/h11H,3-9H2,1-2H3. The van der Waals surface area contributed by atoms with E-state index in [9.17, 15) is 0 Å². The molecule has 3 heteroatoms. The average molecular weight is 195 g/mol. The van der Waals surface area contributed by atoms with Gasteiger partial charge in [0.25, 0.3) is 0 Å². The summed E-state index contributed by atoms with van der Waals surface area (Å²) < 4.78 is 0. The molecule has 0 aromatic carbocycles. The lowest BCUT2D eigenvalue weighted by Gasteiger charge is -2.15. The summed E-state index contributed by atoms with van der Waals surface area (Å²) in [5.74, 6) is 0. The first-order valence-electron chi connectivity index (χ1n) is 5.77. The van der Waals surface area contributed by atoms with Gasteiger partial charge in [0.05, 0.1) is 6.04 Å². The molecule has 0 aromatic rings. The van der Waals surface area contributed by atoms with Gasteiger partial charge in [0, 0.05) is 13.1 Å². The largest absolute Gasteiger partial charge is 0.288 e. The van der Waals surface area contributed by atoms with Gasteiger partial charge in [-0.2, -0.15) is 0 Å². The van der Waals surface area contributed by atoms with E-state index in [1.165, 1.54) is 32.1 Å². The van der Waals surface area contributed by atoms with Gasteiger partial charge in [-0.15, -0.1) is 5.10 Å². The van der Waals surface area contributed by atoms with Crippen molar-refractivity contribution in [3.63, 3.8) is 0 Å². The van der Waals surface area contributed by atoms with E-state index in [1.54, 1.807) is 0 Å². The minimum Gasteiger partial charge on any atom is -0.288 e. The molecule has 0 aromatic heterocycles. The van der Waals surface area contributed by atoms with Crippen molar-refractivity contribution in [1.29, 1.82) is 0 Å². The molecule has 0 radical (unpaired) electrons. The summed E-state index contributed by atoms with van der Waals surface area (Å²) in [6.45, 7) is 6.05. The smallest absolute Gasteiger partial charge is 0.115 e. The molecule has 1 saturated carbocycles. The maximum Gasteiger partial charge on any atom is 0.115 e. The minimum atomic E-state index is 0.489. The second kappa shape index (κ2) is 6.61. The molecule has 0 atom stereocenters. The molecule has 0 bridgehead atoms. The van der Waals surface area contributed by atoms with Gasteiger partial charge in [-0.05, 0) is 26.7 Å². The third-order valence-corrected chi connectivity index (χ3v) is 2.73. The minimum absolute atomic E-state index is 0.489. The van der Waals surface area contributed by atoms with Crippen molar-refractivity contribution < 1.29 is 0 Å². The van der Waals surface area contributed by atoms with Gasteiger partial charge in [0.1, 0.15) is 6.01 Å². The quantitative estimate of drug-likeness (QED) is 0.500. The summed E-state index contributed by atoms with van der Waals surface area (Å²) >= 11 is 0. The van der Waals surface area contributed by atoms with Crippen LogP contribution >= 0.6 is 0 Å². The van der Waals surface area contributed by atoms with Crippen molar-refractivity contribution >= 4 is 6.01 Å². The van der Waals surface area contributed by atoms with Crippen LogP contribution < -0.4 is 0 Å². The van der Waals surface area contributed by atoms with E-state index in [-0.39, 0.29) is 0 Å². The summed E-state index contributed by atoms with van der Waals surface area (Å²) in [4.78, 5) is 4.36. The predicted molar refractivity (Wildman–Crippen MR) is 59.7 cm³/mol. The van der Waals surface area contributed by atoms with Crippen LogP contribution in [-0.2, 0) is 0 Å². The van der Waals surface area contributed by atoms with Crippen LogP contribution in [0.4, 0.5) is 0 Å². The number of hydrogen-bond acceptors (Lipinski definition) is 3. The van der Waals surface area contributed by atoms with Gasteiger partial charge >= 0.3 is 0 Å². The van der Waals surface area contributed by atoms with E-state index in [4.69, 9.17) is 0 Å². The van der Waals surface area contributed by atoms with Crippen molar-refractivity contribution in [2.24, 2.45) is 10.1 Å².